The molecule has 48 heavy (non-hydrogen) atoms. The molecule has 0 aliphatic heterocycles. The van der Waals surface area contributed by atoms with Crippen LogP contribution in [0.25, 0.3) is 22.3 Å². The molecule has 2 amide bonds. The van der Waals surface area contributed by atoms with Crippen molar-refractivity contribution < 1.29 is 19.5 Å². The van der Waals surface area contributed by atoms with Gasteiger partial charge in [-0.1, -0.05) is 44.5 Å². The smallest absolute Gasteiger partial charge is 0.326 e. The number of hydrogen-bond acceptors (Lipinski definition) is 12. The Labute approximate surface area is 283 Å². The number of halogens is 1. The second-order valence-corrected chi connectivity index (χ2v) is 13.4. The first-order valence-electron chi connectivity index (χ1n) is 14.9. The average molecular weight is 692 g/mol. The van der Waals surface area contributed by atoms with Gasteiger partial charge < -0.3 is 32.5 Å². The predicted molar refractivity (Wildman–Crippen MR) is 184 cm³/mol. The van der Waals surface area contributed by atoms with E-state index in [0.29, 0.717) is 49.9 Å². The number of carboxylic acids is 1. The quantitative estimate of drug-likeness (QED) is 0.0919. The van der Waals surface area contributed by atoms with Crippen molar-refractivity contribution in [1.82, 2.24) is 41.2 Å². The maximum Gasteiger partial charge on any atom is 0.326 e. The summed E-state index contributed by atoms with van der Waals surface area (Å²) in [5.41, 5.74) is 14.6. The van der Waals surface area contributed by atoms with Gasteiger partial charge in [-0.15, -0.1) is 21.5 Å². The maximum absolute atomic E-state index is 13.1. The number of tetrazole rings is 1. The van der Waals surface area contributed by atoms with E-state index in [1.807, 2.05) is 12.1 Å². The Morgan fingerprint density at radius 3 is 2.56 bits per heavy atom. The van der Waals surface area contributed by atoms with Gasteiger partial charge in [0.15, 0.2) is 0 Å². The fourth-order valence-electron chi connectivity index (χ4n) is 4.91. The number of aromatic nitrogens is 6. The van der Waals surface area contributed by atoms with Crippen LogP contribution in [0.5, 0.6) is 0 Å². The number of carbonyl (C=O) groups excluding carboxylic acids is 2. The number of rotatable bonds is 12. The maximum atomic E-state index is 13.1. The van der Waals surface area contributed by atoms with Crippen LogP contribution in [-0.2, 0) is 16.8 Å². The average Bonchev–Trinajstić information content (AvgIpc) is 3.74. The number of anilines is 3. The van der Waals surface area contributed by atoms with Gasteiger partial charge in [0.05, 0.1) is 31.4 Å². The largest absolute Gasteiger partial charge is 0.480 e. The van der Waals surface area contributed by atoms with E-state index in [4.69, 9.17) is 23.1 Å². The minimum absolute atomic E-state index is 0.0531. The van der Waals surface area contributed by atoms with E-state index < -0.39 is 17.9 Å². The SMILES string of the molecule is CC(C)(C)c1ccc(C(=O)NCCC[C@H](NC(=O)c2ccc(NCc3ccc4nc(N)nc(N)c4c3Cl)s2)C(=O)O)c(-c2nn[nH]n2)c1. The number of nitrogens with zero attached hydrogens (tertiary/aromatic N) is 5. The minimum Gasteiger partial charge on any atom is -0.480 e. The number of aliphatic carboxylic acids is 1. The molecule has 2 aromatic carbocycles. The standard InChI is InChI=1S/C31H34ClN11O4S/c1-31(2,3)16-7-8-17(18(13-16)26-40-42-43-41-26)27(44)35-12-4-5-20(29(46)47)37-28(45)21-10-11-22(48-21)36-14-15-6-9-19-23(24(15)32)25(33)39-30(34)38-19/h6-11,13,20,36H,4-5,12,14H2,1-3H3,(H,35,44)(H,37,45)(H,46,47)(H4,33,34,38,39)(H,40,41,42,43)/t20-/m0/s1. The zero-order chi connectivity index (χ0) is 34.6. The number of hydrogen-bond donors (Lipinski definition) is 7. The van der Waals surface area contributed by atoms with Gasteiger partial charge in [-0.05, 0) is 64.9 Å². The molecular formula is C31H34ClN11O4S. The molecule has 0 unspecified atom stereocenters. The Balaban J connectivity index is 1.15. The molecule has 15 nitrogen and oxygen atoms in total. The number of amides is 2. The summed E-state index contributed by atoms with van der Waals surface area (Å²) in [5, 5.41) is 34.0. The van der Waals surface area contributed by atoms with Gasteiger partial charge in [-0.25, -0.2) is 9.78 Å². The second kappa shape index (κ2) is 14.2. The summed E-state index contributed by atoms with van der Waals surface area (Å²) >= 11 is 7.73. The Morgan fingerprint density at radius 1 is 1.06 bits per heavy atom. The molecule has 0 aliphatic carbocycles. The van der Waals surface area contributed by atoms with Crippen LogP contribution in [-0.4, -0.2) is 66.1 Å². The van der Waals surface area contributed by atoms with Crippen molar-refractivity contribution in [3.63, 3.8) is 0 Å². The number of nitrogens with two attached hydrogens (primary N) is 2. The monoisotopic (exact) mass is 691 g/mol. The Hall–Kier alpha value is -5.35. The van der Waals surface area contributed by atoms with Gasteiger partial charge >= 0.3 is 5.97 Å². The minimum atomic E-state index is -1.18. The van der Waals surface area contributed by atoms with Crippen molar-refractivity contribution in [2.45, 2.75) is 51.6 Å². The summed E-state index contributed by atoms with van der Waals surface area (Å²) < 4.78 is 0. The Bertz CT molecular complexity index is 1980. The van der Waals surface area contributed by atoms with Crippen molar-refractivity contribution >= 4 is 68.4 Å². The second-order valence-electron chi connectivity index (χ2n) is 11.9. The number of carboxylic acid groups (broad SMARTS) is 1. The fraction of sp³-hybridized carbons (Fsp3) is 0.290. The molecule has 0 spiro atoms. The topological polar surface area (TPSA) is 240 Å². The zero-order valence-corrected chi connectivity index (χ0v) is 27.9. The van der Waals surface area contributed by atoms with E-state index in [2.05, 4.69) is 67.3 Å². The van der Waals surface area contributed by atoms with Crippen LogP contribution in [0, 0.1) is 0 Å². The number of H-pyrrole nitrogens is 1. The van der Waals surface area contributed by atoms with Crippen molar-refractivity contribution in [2.24, 2.45) is 0 Å². The fourth-order valence-corrected chi connectivity index (χ4v) is 6.04. The highest BCUT2D eigenvalue weighted by molar-refractivity contribution is 7.17. The highest BCUT2D eigenvalue weighted by Crippen LogP contribution is 2.32. The van der Waals surface area contributed by atoms with Crippen molar-refractivity contribution in [3.05, 3.63) is 69.1 Å². The number of nitrogen functional groups attached to an aromatic ring is 2. The molecule has 0 saturated heterocycles. The van der Waals surface area contributed by atoms with Gasteiger partial charge in [0, 0.05) is 18.7 Å². The van der Waals surface area contributed by atoms with E-state index in [1.54, 1.807) is 30.3 Å². The third-order valence-corrected chi connectivity index (χ3v) is 8.96. The summed E-state index contributed by atoms with van der Waals surface area (Å²) in [6.07, 6.45) is 0.393. The van der Waals surface area contributed by atoms with Crippen LogP contribution >= 0.6 is 22.9 Å². The van der Waals surface area contributed by atoms with Crippen LogP contribution in [0.1, 0.15) is 64.8 Å². The predicted octanol–water partition coefficient (Wildman–Crippen LogP) is 3.99. The first-order valence-corrected chi connectivity index (χ1v) is 16.0. The molecular weight excluding hydrogens is 658 g/mol. The lowest BCUT2D eigenvalue weighted by atomic mass is 9.85. The van der Waals surface area contributed by atoms with Crippen LogP contribution in [0.3, 0.4) is 0 Å². The third-order valence-electron chi connectivity index (χ3n) is 7.48. The summed E-state index contributed by atoms with van der Waals surface area (Å²) in [7, 11) is 0. The molecule has 17 heteroatoms. The molecule has 0 radical (unpaired) electrons. The Morgan fingerprint density at radius 2 is 1.85 bits per heavy atom. The molecule has 0 fully saturated rings. The number of benzene rings is 2. The first kappa shape index (κ1) is 34.0. The third kappa shape index (κ3) is 7.78. The lowest BCUT2D eigenvalue weighted by Crippen LogP contribution is -2.41. The summed E-state index contributed by atoms with van der Waals surface area (Å²) in [4.78, 5) is 46.5. The number of carbonyl (C=O) groups is 3. The summed E-state index contributed by atoms with van der Waals surface area (Å²) in [6.45, 7) is 6.68. The van der Waals surface area contributed by atoms with Gasteiger partial charge in [0.1, 0.15) is 11.9 Å². The van der Waals surface area contributed by atoms with E-state index >= 15 is 0 Å². The van der Waals surface area contributed by atoms with Crippen LogP contribution < -0.4 is 27.4 Å². The highest BCUT2D eigenvalue weighted by atomic mass is 35.5. The molecule has 0 saturated carbocycles. The molecule has 3 aromatic heterocycles. The van der Waals surface area contributed by atoms with E-state index in [0.717, 1.165) is 22.5 Å². The van der Waals surface area contributed by atoms with Crippen LogP contribution in [0.15, 0.2) is 42.5 Å². The van der Waals surface area contributed by atoms with Crippen molar-refractivity contribution in [3.8, 4) is 11.4 Å². The number of aromatic amines is 1. The van der Waals surface area contributed by atoms with Gasteiger partial charge in [0.2, 0.25) is 11.8 Å². The normalized spacial score (nSPS) is 12.1. The van der Waals surface area contributed by atoms with Crippen LogP contribution in [0.2, 0.25) is 5.02 Å². The van der Waals surface area contributed by atoms with E-state index in [1.165, 1.54) is 0 Å². The van der Waals surface area contributed by atoms with E-state index in [9.17, 15) is 19.5 Å². The van der Waals surface area contributed by atoms with Gasteiger partial charge in [-0.2, -0.15) is 10.2 Å². The zero-order valence-electron chi connectivity index (χ0n) is 26.3. The molecule has 5 aromatic rings. The van der Waals surface area contributed by atoms with Crippen molar-refractivity contribution in [2.75, 3.05) is 23.3 Å². The van der Waals surface area contributed by atoms with Crippen molar-refractivity contribution in [1.29, 1.82) is 0 Å². The molecule has 0 bridgehead atoms. The number of thiophene rings is 1. The Kier molecular flexibility index (Phi) is 10.0. The summed E-state index contributed by atoms with van der Waals surface area (Å²) in [6, 6.07) is 11.1. The van der Waals surface area contributed by atoms with Gasteiger partial charge in [-0.3, -0.25) is 9.59 Å². The lowest BCUT2D eigenvalue weighted by Gasteiger charge is -2.20. The molecule has 0 aliphatic rings. The molecule has 5 rings (SSSR count). The van der Waals surface area contributed by atoms with Gasteiger partial charge in [0.25, 0.3) is 11.8 Å². The number of nitrogens with one attached hydrogen (secondary N) is 4. The van der Waals surface area contributed by atoms with Crippen LogP contribution in [0.4, 0.5) is 16.8 Å². The first-order chi connectivity index (χ1) is 22.8. The lowest BCUT2D eigenvalue weighted by molar-refractivity contribution is -0.139. The molecule has 250 valence electrons. The summed E-state index contributed by atoms with van der Waals surface area (Å²) in [5.74, 6) is -1.56. The van der Waals surface area contributed by atoms with E-state index in [-0.39, 0.29) is 41.9 Å². The highest BCUT2D eigenvalue weighted by Gasteiger charge is 2.23. The molecule has 3 heterocycles. The molecule has 1 atom stereocenters. The molecule has 9 N–H and O–H groups in total. The number of fused-ring (bicyclic) bond motifs is 1.